The standard InChI is InChI=1S/C24H21BrN2O4/c1-2-29-21-5-3-4-6-22(21)31-23-14-26-27-24(23)19-12-11-18(13-20(19)28)30-15-16-7-9-17(25)10-8-16/h3-14,28H,2,15H2,1H3,(H,26,27). The molecule has 0 unspecified atom stereocenters. The first-order valence-corrected chi connectivity index (χ1v) is 10.6. The van der Waals surface area contributed by atoms with Gasteiger partial charge in [0.1, 0.15) is 23.8 Å². The average Bonchev–Trinajstić information content (AvgIpc) is 3.23. The van der Waals surface area contributed by atoms with Gasteiger partial charge in [0.05, 0.1) is 12.8 Å². The summed E-state index contributed by atoms with van der Waals surface area (Å²) in [5.74, 6) is 2.30. The number of rotatable bonds is 8. The Balaban J connectivity index is 1.52. The lowest BCUT2D eigenvalue weighted by Gasteiger charge is -2.12. The van der Waals surface area contributed by atoms with E-state index < -0.39 is 0 Å². The van der Waals surface area contributed by atoms with Gasteiger partial charge in [-0.1, -0.05) is 40.2 Å². The smallest absolute Gasteiger partial charge is 0.173 e. The lowest BCUT2D eigenvalue weighted by Crippen LogP contribution is -1.96. The maximum atomic E-state index is 10.6. The third-order valence-electron chi connectivity index (χ3n) is 4.53. The molecule has 0 spiro atoms. The first-order chi connectivity index (χ1) is 15.1. The van der Waals surface area contributed by atoms with Gasteiger partial charge in [0.15, 0.2) is 17.2 Å². The molecular weight excluding hydrogens is 460 g/mol. The molecule has 4 rings (SSSR count). The van der Waals surface area contributed by atoms with Crippen LogP contribution in [-0.4, -0.2) is 21.9 Å². The molecule has 2 N–H and O–H groups in total. The minimum atomic E-state index is 0.0560. The number of aromatic nitrogens is 2. The summed E-state index contributed by atoms with van der Waals surface area (Å²) in [7, 11) is 0. The van der Waals surface area contributed by atoms with Gasteiger partial charge in [0.25, 0.3) is 0 Å². The lowest BCUT2D eigenvalue weighted by atomic mass is 10.1. The maximum absolute atomic E-state index is 10.6. The van der Waals surface area contributed by atoms with Gasteiger partial charge in [0.2, 0.25) is 0 Å². The highest BCUT2D eigenvalue weighted by Gasteiger charge is 2.16. The Bertz CT molecular complexity index is 1160. The van der Waals surface area contributed by atoms with Gasteiger partial charge in [-0.15, -0.1) is 0 Å². The number of phenolic OH excluding ortho intramolecular Hbond substituents is 1. The molecule has 7 heteroatoms. The molecule has 31 heavy (non-hydrogen) atoms. The van der Waals surface area contributed by atoms with Crippen molar-refractivity contribution >= 4 is 15.9 Å². The predicted octanol–water partition coefficient (Wildman–Crippen LogP) is 6.31. The molecule has 0 aliphatic carbocycles. The van der Waals surface area contributed by atoms with Crippen LogP contribution < -0.4 is 14.2 Å². The van der Waals surface area contributed by atoms with Crippen molar-refractivity contribution in [2.45, 2.75) is 13.5 Å². The third-order valence-corrected chi connectivity index (χ3v) is 5.06. The molecule has 3 aromatic carbocycles. The summed E-state index contributed by atoms with van der Waals surface area (Å²) in [6, 6.07) is 20.4. The van der Waals surface area contributed by atoms with E-state index in [1.807, 2.05) is 55.5 Å². The Morgan fingerprint density at radius 1 is 0.935 bits per heavy atom. The monoisotopic (exact) mass is 480 g/mol. The van der Waals surface area contributed by atoms with E-state index in [4.69, 9.17) is 14.2 Å². The van der Waals surface area contributed by atoms with Crippen molar-refractivity contribution in [1.82, 2.24) is 10.2 Å². The van der Waals surface area contributed by atoms with E-state index >= 15 is 0 Å². The van der Waals surface area contributed by atoms with E-state index in [0.29, 0.717) is 47.5 Å². The molecule has 0 bridgehead atoms. The van der Waals surface area contributed by atoms with E-state index in [0.717, 1.165) is 10.0 Å². The van der Waals surface area contributed by atoms with Crippen LogP contribution in [0.2, 0.25) is 0 Å². The highest BCUT2D eigenvalue weighted by molar-refractivity contribution is 9.10. The summed E-state index contributed by atoms with van der Waals surface area (Å²) in [6.45, 7) is 2.85. The molecule has 0 radical (unpaired) electrons. The molecule has 6 nitrogen and oxygen atoms in total. The number of halogens is 1. The quantitative estimate of drug-likeness (QED) is 0.308. The van der Waals surface area contributed by atoms with Gasteiger partial charge in [-0.25, -0.2) is 0 Å². The number of ether oxygens (including phenoxy) is 3. The summed E-state index contributed by atoms with van der Waals surface area (Å²) >= 11 is 3.42. The van der Waals surface area contributed by atoms with Gasteiger partial charge in [0, 0.05) is 16.1 Å². The zero-order valence-electron chi connectivity index (χ0n) is 16.8. The van der Waals surface area contributed by atoms with Gasteiger partial charge < -0.3 is 19.3 Å². The van der Waals surface area contributed by atoms with E-state index in [9.17, 15) is 5.11 Å². The van der Waals surface area contributed by atoms with E-state index in [-0.39, 0.29) is 5.75 Å². The van der Waals surface area contributed by atoms with Crippen LogP contribution >= 0.6 is 15.9 Å². The van der Waals surface area contributed by atoms with Crippen LogP contribution in [0.3, 0.4) is 0 Å². The number of phenols is 1. The minimum Gasteiger partial charge on any atom is -0.507 e. The first kappa shape index (κ1) is 20.8. The van der Waals surface area contributed by atoms with Gasteiger partial charge in [-0.2, -0.15) is 5.10 Å². The van der Waals surface area contributed by atoms with E-state index in [1.165, 1.54) is 0 Å². The zero-order valence-corrected chi connectivity index (χ0v) is 18.4. The Morgan fingerprint density at radius 2 is 1.71 bits per heavy atom. The number of aromatic amines is 1. The normalized spacial score (nSPS) is 10.6. The molecule has 0 saturated carbocycles. The fourth-order valence-electron chi connectivity index (χ4n) is 3.03. The van der Waals surface area contributed by atoms with Crippen molar-refractivity contribution in [1.29, 1.82) is 0 Å². The number of aromatic hydroxyl groups is 1. The molecule has 158 valence electrons. The number of para-hydroxylation sites is 2. The maximum Gasteiger partial charge on any atom is 0.173 e. The first-order valence-electron chi connectivity index (χ1n) is 9.77. The van der Waals surface area contributed by atoms with Crippen LogP contribution in [0.25, 0.3) is 11.3 Å². The van der Waals surface area contributed by atoms with Crippen LogP contribution in [0, 0.1) is 0 Å². The van der Waals surface area contributed by atoms with Crippen molar-refractivity contribution in [2.75, 3.05) is 6.61 Å². The minimum absolute atomic E-state index is 0.0560. The molecule has 0 fully saturated rings. The van der Waals surface area contributed by atoms with Crippen LogP contribution in [0.1, 0.15) is 12.5 Å². The summed E-state index contributed by atoms with van der Waals surface area (Å²) < 4.78 is 18.5. The SMILES string of the molecule is CCOc1ccccc1Oc1cn[nH]c1-c1ccc(OCc2ccc(Br)cc2)cc1O. The summed E-state index contributed by atoms with van der Waals surface area (Å²) in [5.41, 5.74) is 2.14. The second-order valence-corrected chi connectivity index (χ2v) is 7.60. The number of benzene rings is 3. The fraction of sp³-hybridized carbons (Fsp3) is 0.125. The van der Waals surface area contributed by atoms with Crippen LogP contribution in [0.5, 0.6) is 28.7 Å². The summed E-state index contributed by atoms with van der Waals surface area (Å²) in [6.07, 6.45) is 1.56. The molecule has 0 aliphatic heterocycles. The van der Waals surface area contributed by atoms with Crippen LogP contribution in [-0.2, 0) is 6.61 Å². The van der Waals surface area contributed by atoms with Crippen molar-refractivity contribution in [3.05, 3.63) is 83.0 Å². The molecule has 4 aromatic rings. The number of H-pyrrole nitrogens is 1. The van der Waals surface area contributed by atoms with E-state index in [2.05, 4.69) is 26.1 Å². The third kappa shape index (κ3) is 5.00. The summed E-state index contributed by atoms with van der Waals surface area (Å²) in [4.78, 5) is 0. The van der Waals surface area contributed by atoms with Crippen LogP contribution in [0.4, 0.5) is 0 Å². The zero-order chi connectivity index (χ0) is 21.6. The van der Waals surface area contributed by atoms with Gasteiger partial charge in [-0.3, -0.25) is 5.10 Å². The van der Waals surface area contributed by atoms with Gasteiger partial charge >= 0.3 is 0 Å². The Kier molecular flexibility index (Phi) is 6.43. The van der Waals surface area contributed by atoms with Crippen LogP contribution in [0.15, 0.2) is 77.4 Å². The summed E-state index contributed by atoms with van der Waals surface area (Å²) in [5, 5.41) is 17.6. The number of hydrogen-bond donors (Lipinski definition) is 2. The predicted molar refractivity (Wildman–Crippen MR) is 122 cm³/mol. The highest BCUT2D eigenvalue weighted by atomic mass is 79.9. The number of nitrogens with zero attached hydrogens (tertiary/aromatic N) is 1. The van der Waals surface area contributed by atoms with Gasteiger partial charge in [-0.05, 0) is 48.9 Å². The lowest BCUT2D eigenvalue weighted by molar-refractivity contribution is 0.304. The molecule has 1 heterocycles. The Labute approximate surface area is 188 Å². The molecule has 0 saturated heterocycles. The average molecular weight is 481 g/mol. The molecule has 0 amide bonds. The van der Waals surface area contributed by atoms with E-state index in [1.54, 1.807) is 24.4 Å². The second-order valence-electron chi connectivity index (χ2n) is 6.69. The Hall–Kier alpha value is -3.45. The van der Waals surface area contributed by atoms with Crippen molar-refractivity contribution in [3.8, 4) is 40.0 Å². The molecular formula is C24H21BrN2O4. The largest absolute Gasteiger partial charge is 0.507 e. The Morgan fingerprint density at radius 3 is 2.45 bits per heavy atom. The number of nitrogens with one attached hydrogen (secondary N) is 1. The molecule has 0 aliphatic rings. The molecule has 1 aromatic heterocycles. The van der Waals surface area contributed by atoms with Crippen molar-refractivity contribution in [2.24, 2.45) is 0 Å². The fourth-order valence-corrected chi connectivity index (χ4v) is 3.30. The second kappa shape index (κ2) is 9.57. The molecule has 0 atom stereocenters. The highest BCUT2D eigenvalue weighted by Crippen LogP contribution is 2.40. The van der Waals surface area contributed by atoms with Crippen molar-refractivity contribution in [3.63, 3.8) is 0 Å². The topological polar surface area (TPSA) is 76.6 Å². The number of hydrogen-bond acceptors (Lipinski definition) is 5. The van der Waals surface area contributed by atoms with Crippen molar-refractivity contribution < 1.29 is 19.3 Å².